The quantitative estimate of drug-likeness (QED) is 0.0157. The Morgan fingerprint density at radius 3 is 0.689 bits per heavy atom. The maximum atomic E-state index is 11.7. The molecule has 6 N–H and O–H groups in total. The van der Waals surface area contributed by atoms with Crippen molar-refractivity contribution >= 4 is 60.7 Å². The minimum Gasteiger partial charge on any atom is -0.744 e. The summed E-state index contributed by atoms with van der Waals surface area (Å²) in [6, 6.07) is 0. The molecule has 0 heterocycles. The van der Waals surface area contributed by atoms with Gasteiger partial charge in [-0.25, -0.2) is 50.5 Å². The van der Waals surface area contributed by atoms with Crippen molar-refractivity contribution in [1.29, 1.82) is 0 Å². The molecule has 6 aromatic carbocycles. The van der Waals surface area contributed by atoms with E-state index in [2.05, 4.69) is 0 Å². The minimum absolute atomic E-state index is 0. The summed E-state index contributed by atoms with van der Waals surface area (Å²) in [5, 5.41) is 61.0. The van der Waals surface area contributed by atoms with Gasteiger partial charge < -0.3 is 115 Å². The molecule has 6 aromatic rings. The summed E-state index contributed by atoms with van der Waals surface area (Å²) in [4.78, 5) is -4.14. The zero-order valence-electron chi connectivity index (χ0n) is 83.3. The lowest BCUT2D eigenvalue weighted by atomic mass is 9.89. The van der Waals surface area contributed by atoms with E-state index in [0.717, 1.165) is 38.5 Å². The molecule has 132 heavy (non-hydrogen) atoms. The molecule has 0 bridgehead atoms. The SMILES string of the molecule is CCC(C)c1c(C)c(O)c(S(=O)(=O)[O-])c(OC)c1OC.CCC(C)c1c(C)c(S(=O)(=O)[O-])c(O)c(OC)c1OC.CCCc1c(C(C)CC)c(OC)c(OC)c(O)c1S(=O)(=O)[O-].CCCc1c(OC)c(O)c(S(=O)(=O)[O-])c(OC)c1C(C)CC.CCc1c(C(C)CC)c(OC)c(OC)c(O)c1S(=O)(=O)[O-].CCc1c(O)c(S(=O)(=O)[O-])c(OC)c(OC)c1C(C)CC.[CH3+].[CH3+].[CH3+].[CH3+].[CH3+].[CH3+]. The second-order valence-corrected chi connectivity index (χ2v) is 36.8. The van der Waals surface area contributed by atoms with Crippen molar-refractivity contribution in [2.45, 2.75) is 267 Å². The van der Waals surface area contributed by atoms with Crippen molar-refractivity contribution in [2.75, 3.05) is 85.3 Å². The molecule has 0 aliphatic rings. The van der Waals surface area contributed by atoms with Gasteiger partial charge in [0.2, 0.25) is 17.2 Å². The van der Waals surface area contributed by atoms with Gasteiger partial charge in [0.25, 0.3) is 0 Å². The highest BCUT2D eigenvalue weighted by atomic mass is 32.2. The molecule has 42 heteroatoms. The average molecular weight is 1990 g/mol. The van der Waals surface area contributed by atoms with Crippen LogP contribution in [-0.4, -0.2) is 194 Å². The highest BCUT2D eigenvalue weighted by molar-refractivity contribution is 7.87. The molecular weight excluding hydrogens is 1850 g/mol. The van der Waals surface area contributed by atoms with E-state index < -0.39 is 125 Å². The third-order valence-corrected chi connectivity index (χ3v) is 27.0. The first-order chi connectivity index (χ1) is 58.4. The predicted molar refractivity (Wildman–Crippen MR) is 502 cm³/mol. The molecule has 756 valence electrons. The smallest absolute Gasteiger partial charge is 0.204 e. The topological polar surface area (TPSA) is 575 Å². The van der Waals surface area contributed by atoms with Crippen LogP contribution in [0, 0.1) is 58.4 Å². The third-order valence-electron chi connectivity index (χ3n) is 21.5. The summed E-state index contributed by atoms with van der Waals surface area (Å²) in [5.74, 6) is -3.79. The van der Waals surface area contributed by atoms with Gasteiger partial charge in [-0.15, -0.1) is 0 Å². The average Bonchev–Trinajstić information content (AvgIpc) is 0.778. The minimum atomic E-state index is -4.91. The van der Waals surface area contributed by atoms with Crippen LogP contribution in [0.4, 0.5) is 0 Å². The van der Waals surface area contributed by atoms with Gasteiger partial charge in [-0.05, 0) is 136 Å². The van der Waals surface area contributed by atoms with Crippen molar-refractivity contribution in [3.63, 3.8) is 0 Å². The Bertz CT molecular complexity index is 5450. The molecule has 0 spiro atoms. The Kier molecular flexibility index (Phi) is 57.0. The van der Waals surface area contributed by atoms with E-state index in [1.165, 1.54) is 92.2 Å². The molecule has 0 aliphatic heterocycles. The Balaban J connectivity index is -0.000000358. The number of phenols is 6. The van der Waals surface area contributed by atoms with Crippen LogP contribution in [0.1, 0.15) is 264 Å². The van der Waals surface area contributed by atoms with Gasteiger partial charge in [-0.2, -0.15) is 0 Å². The predicted octanol–water partition coefficient (Wildman–Crippen LogP) is 17.3. The molecule has 6 atom stereocenters. The van der Waals surface area contributed by atoms with Crippen LogP contribution < -0.4 is 56.8 Å². The van der Waals surface area contributed by atoms with E-state index in [1.54, 1.807) is 20.8 Å². The zero-order chi connectivity index (χ0) is 98.2. The largest absolute Gasteiger partial charge is 0.744 e. The summed E-state index contributed by atoms with van der Waals surface area (Å²) >= 11 is 0. The van der Waals surface area contributed by atoms with Crippen LogP contribution in [0.25, 0.3) is 0 Å². The number of rotatable bonds is 36. The van der Waals surface area contributed by atoms with E-state index in [9.17, 15) is 108 Å². The highest BCUT2D eigenvalue weighted by Crippen LogP contribution is 2.56. The number of aromatic hydroxyl groups is 6. The first-order valence-electron chi connectivity index (χ1n) is 40.0. The molecule has 36 nitrogen and oxygen atoms in total. The zero-order valence-corrected chi connectivity index (χ0v) is 88.2. The fourth-order valence-electron chi connectivity index (χ4n) is 14.7. The van der Waals surface area contributed by atoms with E-state index in [4.69, 9.17) is 56.8 Å². The first-order valence-corrected chi connectivity index (χ1v) is 48.5. The Labute approximate surface area is 787 Å². The monoisotopic (exact) mass is 1990 g/mol. The van der Waals surface area contributed by atoms with Crippen LogP contribution in [0.2, 0.25) is 0 Å². The Hall–Kier alpha value is -9.60. The van der Waals surface area contributed by atoms with Gasteiger partial charge in [-0.3, -0.25) is 0 Å². The molecule has 0 amide bonds. The molecule has 0 aromatic heterocycles. The fourth-order valence-corrected chi connectivity index (χ4v) is 19.5. The summed E-state index contributed by atoms with van der Waals surface area (Å²) in [5.41, 5.74) is 5.86. The normalized spacial score (nSPS) is 12.5. The van der Waals surface area contributed by atoms with Gasteiger partial charge in [0.1, 0.15) is 107 Å². The Morgan fingerprint density at radius 2 is 0.424 bits per heavy atom. The number of hydrogen-bond donors (Lipinski definition) is 6. The number of benzene rings is 6. The molecule has 0 fully saturated rings. The number of ether oxygens (including phenoxy) is 12. The summed E-state index contributed by atoms with van der Waals surface area (Å²) < 4.78 is 269. The molecule has 0 saturated heterocycles. The fraction of sp³-hybridized carbons (Fsp3) is 0.533. The maximum Gasteiger partial charge on any atom is 0.204 e. The molecule has 6 unspecified atom stereocenters. The molecule has 0 saturated carbocycles. The molecular formula is C90H144O36S6. The van der Waals surface area contributed by atoms with Crippen LogP contribution in [0.3, 0.4) is 0 Å². The lowest BCUT2D eigenvalue weighted by Gasteiger charge is -2.26. The van der Waals surface area contributed by atoms with Crippen LogP contribution >= 0.6 is 0 Å². The van der Waals surface area contributed by atoms with E-state index in [0.29, 0.717) is 87.7 Å². The first kappa shape index (κ1) is 133. The summed E-state index contributed by atoms with van der Waals surface area (Å²) in [6.45, 7) is 33.5. The van der Waals surface area contributed by atoms with Crippen molar-refractivity contribution in [3.8, 4) is 103 Å². The van der Waals surface area contributed by atoms with E-state index in [1.807, 2.05) is 96.9 Å². The second-order valence-electron chi connectivity index (χ2n) is 28.9. The van der Waals surface area contributed by atoms with Crippen LogP contribution in [0.5, 0.6) is 103 Å². The maximum absolute atomic E-state index is 11.7. The van der Waals surface area contributed by atoms with Crippen molar-refractivity contribution in [1.82, 2.24) is 0 Å². The standard InChI is InChI=1S/2C15H24O6S.2C14H22O6S.2C13H20O6S.6CH3/c1-6-8-10-11(9(3)7-2)13(20-4)14(21-5)12(16)15(10)22(17,18)19;1-6-8-10-11(9(3)7-2)14(21-5)15(22(17,18)19)12(16)13(10)20-4;1-6-8(3)10-9(7-2)14(21(16,17)18)11(15)13(20-5)12(10)19-4;1-6-8(3)10-9(7-2)11(15)14(21(16,17)18)13(20-5)12(10)19-4;1-6-7(2)9-8(3)13(20(15,16)17)10(14)12(19-5)11(9)18-4;1-6-7(2)9-8(3)10(14)13(20(15,16)17)12(19-5)11(9)18-4;;;;;;/h2*9,16H,6-8H2,1-5H3,(H,17,18,19);2*8,15H,6-7H2,1-5H3,(H,16,17,18);2*7,14H,6H2,1-5H3,(H,15,16,17);6*1H3/q;;;;;;6*+1/p-6. The lowest BCUT2D eigenvalue weighted by Crippen LogP contribution is -2.12. The van der Waals surface area contributed by atoms with Gasteiger partial charge >= 0.3 is 0 Å². The van der Waals surface area contributed by atoms with E-state index in [-0.39, 0.29) is 167 Å². The van der Waals surface area contributed by atoms with Crippen LogP contribution in [-0.2, 0) is 86.4 Å². The van der Waals surface area contributed by atoms with Gasteiger partial charge in [0, 0.05) is 89.1 Å². The summed E-state index contributed by atoms with van der Waals surface area (Å²) in [7, 11) is -13.3. The van der Waals surface area contributed by atoms with Gasteiger partial charge in [0.15, 0.2) is 69.0 Å². The molecule has 6 rings (SSSR count). The highest BCUT2D eigenvalue weighted by Gasteiger charge is 2.37. The summed E-state index contributed by atoms with van der Waals surface area (Å²) in [6.07, 6.45) is 7.36. The number of phenolic OH excluding ortho intramolecular Hbond substituents is 6. The second kappa shape index (κ2) is 56.6. The van der Waals surface area contributed by atoms with Crippen molar-refractivity contribution in [3.05, 3.63) is 111 Å². The lowest BCUT2D eigenvalue weighted by molar-refractivity contribution is 0.321. The third kappa shape index (κ3) is 29.7. The number of hydrogen-bond acceptors (Lipinski definition) is 36. The molecule has 0 aliphatic carbocycles. The molecule has 0 radical (unpaired) electrons. The van der Waals surface area contributed by atoms with Crippen LogP contribution in [0.15, 0.2) is 29.4 Å². The van der Waals surface area contributed by atoms with Gasteiger partial charge in [0.05, 0.1) is 85.3 Å². The van der Waals surface area contributed by atoms with E-state index >= 15 is 0 Å². The van der Waals surface area contributed by atoms with Crippen molar-refractivity contribution < 1.29 is 165 Å². The Morgan fingerprint density at radius 1 is 0.227 bits per heavy atom. The van der Waals surface area contributed by atoms with Gasteiger partial charge in [-0.1, -0.05) is 124 Å². The number of methoxy groups -OCH3 is 12. The van der Waals surface area contributed by atoms with Crippen molar-refractivity contribution in [2.24, 2.45) is 0 Å².